The van der Waals surface area contributed by atoms with E-state index in [1.165, 1.54) is 0 Å². The summed E-state index contributed by atoms with van der Waals surface area (Å²) in [5.41, 5.74) is 3.47. The van der Waals surface area contributed by atoms with Crippen LogP contribution in [0.25, 0.3) is 54.5 Å². The van der Waals surface area contributed by atoms with E-state index in [0.717, 1.165) is 21.5 Å². The molecule has 4 aromatic carbocycles. The van der Waals surface area contributed by atoms with Gasteiger partial charge in [0.1, 0.15) is 20.0 Å². The Balaban J connectivity index is 0.000000155. The molecule has 0 aliphatic carbocycles. The minimum atomic E-state index is -3.59. The van der Waals surface area contributed by atoms with Crippen molar-refractivity contribution in [1.29, 1.82) is 0 Å². The number of benzene rings is 4. The largest absolute Gasteiger partial charge is 2.00 e. The molecule has 2 aromatic heterocycles. The molecule has 0 amide bonds. The molecule has 0 fully saturated rings. The van der Waals surface area contributed by atoms with Crippen LogP contribution in [0.3, 0.4) is 0 Å². The fourth-order valence-corrected chi connectivity index (χ4v) is 7.53. The summed E-state index contributed by atoms with van der Waals surface area (Å²) < 4.78 is 55.9. The molecule has 8 rings (SSSR count). The van der Waals surface area contributed by atoms with Crippen molar-refractivity contribution in [1.82, 2.24) is 9.97 Å². The van der Waals surface area contributed by atoms with Gasteiger partial charge in [0, 0.05) is 23.2 Å². The van der Waals surface area contributed by atoms with Crippen LogP contribution < -0.4 is 0 Å². The molecule has 2 aliphatic heterocycles. The molecular formula is C34H22N4O4S2Zn. The van der Waals surface area contributed by atoms with Gasteiger partial charge in [-0.15, -0.1) is 11.4 Å². The quantitative estimate of drug-likeness (QED) is 0.174. The van der Waals surface area contributed by atoms with E-state index in [1.54, 1.807) is 73.1 Å². The molecule has 0 bridgehead atoms. The number of fused-ring (bicyclic) bond motifs is 4. The van der Waals surface area contributed by atoms with Crippen LogP contribution in [0, 0.1) is 0 Å². The maximum Gasteiger partial charge on any atom is 2.00 e. The Hall–Kier alpha value is -4.70. The van der Waals surface area contributed by atoms with E-state index in [2.05, 4.69) is 19.4 Å². The maximum atomic E-state index is 12.0. The van der Waals surface area contributed by atoms with Crippen LogP contribution in [-0.2, 0) is 39.5 Å². The van der Waals surface area contributed by atoms with Crippen LogP contribution in [0.5, 0.6) is 0 Å². The van der Waals surface area contributed by atoms with Gasteiger partial charge >= 0.3 is 19.5 Å². The minimum absolute atomic E-state index is 0. The fraction of sp³-hybridized carbons (Fsp3) is 0. The maximum absolute atomic E-state index is 12.0. The second-order valence-electron chi connectivity index (χ2n) is 10.1. The molecule has 2 aliphatic rings. The topological polar surface area (TPSA) is 122 Å². The standard InChI is InChI=1S/2C17H11N2O2S.Zn/c2*20-22(21)17-8-4-3-7-15(17)16(19-22)10-14-9-12-5-1-2-6-13(12)11-18-14;/h2*1-11H;/q2*-1;+2/b2*16-10-;. The van der Waals surface area contributed by atoms with E-state index in [1.807, 2.05) is 60.7 Å². The van der Waals surface area contributed by atoms with Crippen molar-refractivity contribution in [2.45, 2.75) is 9.79 Å². The van der Waals surface area contributed by atoms with E-state index < -0.39 is 20.0 Å². The van der Waals surface area contributed by atoms with Crippen molar-refractivity contribution >= 4 is 65.1 Å². The predicted octanol–water partition coefficient (Wildman–Crippen LogP) is 7.62. The molecule has 0 atom stereocenters. The summed E-state index contributed by atoms with van der Waals surface area (Å²) >= 11 is 0. The van der Waals surface area contributed by atoms with Gasteiger partial charge in [0.05, 0.1) is 21.2 Å². The summed E-state index contributed by atoms with van der Waals surface area (Å²) in [7, 11) is -7.18. The Morgan fingerprint density at radius 2 is 0.844 bits per heavy atom. The Bertz CT molecular complexity index is 2220. The number of hydrogen-bond acceptors (Lipinski definition) is 6. The average Bonchev–Trinajstić information content (AvgIpc) is 3.45. The van der Waals surface area contributed by atoms with Gasteiger partial charge in [-0.2, -0.15) is 0 Å². The number of sulfonamides is 2. The molecule has 4 heterocycles. The predicted molar refractivity (Wildman–Crippen MR) is 173 cm³/mol. The van der Waals surface area contributed by atoms with Crippen LogP contribution in [0.2, 0.25) is 0 Å². The molecule has 216 valence electrons. The number of pyridine rings is 2. The van der Waals surface area contributed by atoms with Gasteiger partial charge in [0.25, 0.3) is 0 Å². The molecule has 11 heteroatoms. The summed E-state index contributed by atoms with van der Waals surface area (Å²) in [6.07, 6.45) is 6.96. The molecule has 8 nitrogen and oxygen atoms in total. The van der Waals surface area contributed by atoms with Crippen molar-refractivity contribution in [3.63, 3.8) is 0 Å². The second-order valence-corrected chi connectivity index (χ2v) is 13.2. The summed E-state index contributed by atoms with van der Waals surface area (Å²) in [6, 6.07) is 33.3. The molecule has 0 spiro atoms. The van der Waals surface area contributed by atoms with Crippen molar-refractivity contribution in [2.24, 2.45) is 0 Å². The number of nitrogens with zero attached hydrogens (tertiary/aromatic N) is 4. The van der Waals surface area contributed by atoms with Gasteiger partial charge in [0.15, 0.2) is 0 Å². The Morgan fingerprint density at radius 1 is 0.489 bits per heavy atom. The number of aromatic nitrogens is 2. The van der Waals surface area contributed by atoms with E-state index in [0.29, 0.717) is 33.9 Å². The van der Waals surface area contributed by atoms with Crippen molar-refractivity contribution in [2.75, 3.05) is 0 Å². The second kappa shape index (κ2) is 12.0. The van der Waals surface area contributed by atoms with Gasteiger partial charge in [-0.1, -0.05) is 97.1 Å². The molecule has 0 saturated heterocycles. The zero-order valence-electron chi connectivity index (χ0n) is 23.6. The van der Waals surface area contributed by atoms with Gasteiger partial charge in [-0.3, -0.25) is 9.97 Å². The van der Waals surface area contributed by atoms with E-state index in [-0.39, 0.29) is 29.3 Å². The smallest absolute Gasteiger partial charge is 0.572 e. The third kappa shape index (κ3) is 6.02. The fourth-order valence-electron chi connectivity index (χ4n) is 5.11. The van der Waals surface area contributed by atoms with Crippen LogP contribution in [0.1, 0.15) is 22.5 Å². The van der Waals surface area contributed by atoms with Gasteiger partial charge < -0.3 is 9.44 Å². The first-order valence-electron chi connectivity index (χ1n) is 13.5. The van der Waals surface area contributed by atoms with E-state index >= 15 is 0 Å². The monoisotopic (exact) mass is 678 g/mol. The van der Waals surface area contributed by atoms with Crippen molar-refractivity contribution in [3.05, 3.63) is 154 Å². The molecule has 45 heavy (non-hydrogen) atoms. The van der Waals surface area contributed by atoms with E-state index in [4.69, 9.17) is 0 Å². The minimum Gasteiger partial charge on any atom is -0.572 e. The number of rotatable bonds is 2. The summed E-state index contributed by atoms with van der Waals surface area (Å²) in [5.74, 6) is 0. The average molecular weight is 680 g/mol. The zero-order valence-corrected chi connectivity index (χ0v) is 28.2. The Kier molecular flexibility index (Phi) is 8.09. The Labute approximate surface area is 273 Å². The Morgan fingerprint density at radius 3 is 1.27 bits per heavy atom. The molecule has 0 unspecified atom stereocenters. The summed E-state index contributed by atoms with van der Waals surface area (Å²) in [6.45, 7) is 0. The van der Waals surface area contributed by atoms with E-state index in [9.17, 15) is 16.8 Å². The van der Waals surface area contributed by atoms with Crippen LogP contribution in [0.4, 0.5) is 0 Å². The normalized spacial score (nSPS) is 17.0. The molecule has 0 saturated carbocycles. The first kappa shape index (κ1) is 30.3. The number of hydrogen-bond donors (Lipinski definition) is 0. The van der Waals surface area contributed by atoms with Crippen molar-refractivity contribution in [3.8, 4) is 0 Å². The van der Waals surface area contributed by atoms with Crippen LogP contribution in [-0.4, -0.2) is 26.8 Å². The third-order valence-corrected chi connectivity index (χ3v) is 9.89. The molecular weight excluding hydrogens is 658 g/mol. The van der Waals surface area contributed by atoms with Crippen molar-refractivity contribution < 1.29 is 36.3 Å². The summed E-state index contributed by atoms with van der Waals surface area (Å²) in [4.78, 5) is 9.22. The van der Waals surface area contributed by atoms with Gasteiger partial charge in [-0.25, -0.2) is 16.8 Å². The van der Waals surface area contributed by atoms with Gasteiger partial charge in [0.2, 0.25) is 0 Å². The molecule has 0 N–H and O–H groups in total. The van der Waals surface area contributed by atoms with Crippen LogP contribution in [0.15, 0.2) is 131 Å². The van der Waals surface area contributed by atoms with Crippen LogP contribution >= 0.6 is 0 Å². The molecule has 0 radical (unpaired) electrons. The third-order valence-electron chi connectivity index (χ3n) is 7.19. The summed E-state index contributed by atoms with van der Waals surface area (Å²) in [5, 5.41) is 4.19. The zero-order chi connectivity index (χ0) is 30.3. The first-order chi connectivity index (χ1) is 21.3. The SMILES string of the molecule is O=S1(=O)[N-]/C(=C\c2cc3ccccc3cn2)c2ccccc21.O=S1(=O)[N-]/C(=C\c2cc3ccccc3cn2)c2ccccc21.[Zn+2]. The first-order valence-corrected chi connectivity index (χ1v) is 16.4. The van der Waals surface area contributed by atoms with Gasteiger partial charge in [-0.05, 0) is 46.2 Å². The molecule has 6 aromatic rings.